The van der Waals surface area contributed by atoms with Crippen molar-refractivity contribution in [3.63, 3.8) is 0 Å². The summed E-state index contributed by atoms with van der Waals surface area (Å²) in [7, 11) is 1.93. The van der Waals surface area contributed by atoms with Crippen molar-refractivity contribution in [2.45, 2.75) is 19.9 Å². The van der Waals surface area contributed by atoms with Crippen molar-refractivity contribution < 1.29 is 9.18 Å². The van der Waals surface area contributed by atoms with E-state index in [2.05, 4.69) is 0 Å². The summed E-state index contributed by atoms with van der Waals surface area (Å²) in [6.07, 6.45) is 0.830. The summed E-state index contributed by atoms with van der Waals surface area (Å²) in [5.41, 5.74) is 3.30. The fourth-order valence-electron chi connectivity index (χ4n) is 2.38. The van der Waals surface area contributed by atoms with Crippen molar-refractivity contribution in [1.29, 1.82) is 0 Å². The van der Waals surface area contributed by atoms with Crippen LogP contribution in [0, 0.1) is 12.7 Å². The van der Waals surface area contributed by atoms with Gasteiger partial charge >= 0.3 is 0 Å². The molecule has 2 aromatic carbocycles. The smallest absolute Gasteiger partial charge is 0.150 e. The molecule has 3 heteroatoms. The number of anilines is 1. The lowest BCUT2D eigenvalue weighted by atomic mass is 10.0. The zero-order chi connectivity index (χ0) is 14.7. The maximum absolute atomic E-state index is 13.9. The zero-order valence-electron chi connectivity index (χ0n) is 11.9. The molecular weight excluding hydrogens is 253 g/mol. The molecular formula is C17H18FNO. The highest BCUT2D eigenvalue weighted by atomic mass is 19.1. The molecule has 20 heavy (non-hydrogen) atoms. The first kappa shape index (κ1) is 14.3. The molecule has 0 aliphatic rings. The van der Waals surface area contributed by atoms with Crippen LogP contribution >= 0.6 is 0 Å². The molecule has 0 aliphatic heterocycles. The number of aryl methyl sites for hydroxylation is 1. The topological polar surface area (TPSA) is 20.3 Å². The van der Waals surface area contributed by atoms with E-state index in [-0.39, 0.29) is 11.9 Å². The zero-order valence-corrected chi connectivity index (χ0v) is 11.9. The summed E-state index contributed by atoms with van der Waals surface area (Å²) in [5.74, 6) is -0.200. The van der Waals surface area contributed by atoms with E-state index in [1.807, 2.05) is 44.0 Å². The van der Waals surface area contributed by atoms with E-state index in [0.717, 1.165) is 17.5 Å². The Morgan fingerprint density at radius 2 is 1.90 bits per heavy atom. The number of rotatable bonds is 4. The first-order valence-electron chi connectivity index (χ1n) is 6.57. The highest BCUT2D eigenvalue weighted by Crippen LogP contribution is 2.29. The van der Waals surface area contributed by atoms with E-state index in [4.69, 9.17) is 0 Å². The third-order valence-electron chi connectivity index (χ3n) is 3.67. The van der Waals surface area contributed by atoms with Crippen LogP contribution in [-0.2, 0) is 0 Å². The van der Waals surface area contributed by atoms with Crippen LogP contribution in [0.2, 0.25) is 0 Å². The minimum absolute atomic E-state index is 0.0861. The maximum atomic E-state index is 13.9. The first-order valence-corrected chi connectivity index (χ1v) is 6.57. The molecule has 0 N–H and O–H groups in total. The van der Waals surface area contributed by atoms with Gasteiger partial charge in [0, 0.05) is 23.9 Å². The number of hydrogen-bond acceptors (Lipinski definition) is 2. The van der Waals surface area contributed by atoms with Crippen molar-refractivity contribution >= 4 is 12.0 Å². The summed E-state index contributed by atoms with van der Waals surface area (Å²) >= 11 is 0. The second-order valence-corrected chi connectivity index (χ2v) is 4.97. The Morgan fingerprint density at radius 1 is 1.20 bits per heavy atom. The van der Waals surface area contributed by atoms with Gasteiger partial charge < -0.3 is 4.90 Å². The Morgan fingerprint density at radius 3 is 2.50 bits per heavy atom. The van der Waals surface area contributed by atoms with Gasteiger partial charge in [0.1, 0.15) is 12.1 Å². The standard InChI is InChI=1S/C17H18FNO/c1-12-10-14(11-20)8-9-17(12)19(3)13(2)15-6-4-5-7-16(15)18/h4-11,13H,1-3H3. The van der Waals surface area contributed by atoms with Gasteiger partial charge in [0.15, 0.2) is 0 Å². The minimum Gasteiger partial charge on any atom is -0.368 e. The van der Waals surface area contributed by atoms with E-state index in [1.54, 1.807) is 18.2 Å². The quantitative estimate of drug-likeness (QED) is 0.779. The van der Waals surface area contributed by atoms with Crippen LogP contribution in [0.5, 0.6) is 0 Å². The largest absolute Gasteiger partial charge is 0.368 e. The summed E-state index contributed by atoms with van der Waals surface area (Å²) in [4.78, 5) is 12.8. The molecule has 0 aromatic heterocycles. The van der Waals surface area contributed by atoms with E-state index in [0.29, 0.717) is 11.1 Å². The van der Waals surface area contributed by atoms with Crippen molar-refractivity contribution in [1.82, 2.24) is 0 Å². The first-order chi connectivity index (χ1) is 9.54. The number of carbonyl (C=O) groups is 1. The Bertz CT molecular complexity index is 624. The highest BCUT2D eigenvalue weighted by molar-refractivity contribution is 5.77. The Kier molecular flexibility index (Phi) is 4.18. The average molecular weight is 271 g/mol. The third-order valence-corrected chi connectivity index (χ3v) is 3.67. The van der Waals surface area contributed by atoms with Crippen LogP contribution < -0.4 is 4.90 Å². The number of carbonyl (C=O) groups excluding carboxylic acids is 1. The van der Waals surface area contributed by atoms with Gasteiger partial charge in [0.2, 0.25) is 0 Å². The second-order valence-electron chi connectivity index (χ2n) is 4.97. The number of nitrogens with zero attached hydrogens (tertiary/aromatic N) is 1. The minimum atomic E-state index is -0.200. The molecule has 0 radical (unpaired) electrons. The Balaban J connectivity index is 2.34. The molecule has 0 fully saturated rings. The summed E-state index contributed by atoms with van der Waals surface area (Å²) in [6, 6.07) is 12.2. The average Bonchev–Trinajstić information content (AvgIpc) is 2.46. The molecule has 104 valence electrons. The van der Waals surface area contributed by atoms with Crippen LogP contribution in [0.3, 0.4) is 0 Å². The van der Waals surface area contributed by atoms with Crippen molar-refractivity contribution in [3.8, 4) is 0 Å². The molecule has 0 bridgehead atoms. The fourth-order valence-corrected chi connectivity index (χ4v) is 2.38. The van der Waals surface area contributed by atoms with E-state index < -0.39 is 0 Å². The molecule has 2 rings (SSSR count). The lowest BCUT2D eigenvalue weighted by Gasteiger charge is -2.29. The molecule has 0 spiro atoms. The number of benzene rings is 2. The lowest BCUT2D eigenvalue weighted by molar-refractivity contribution is 0.112. The van der Waals surface area contributed by atoms with Gasteiger partial charge in [-0.1, -0.05) is 18.2 Å². The second kappa shape index (κ2) is 5.87. The van der Waals surface area contributed by atoms with Gasteiger partial charge in [-0.25, -0.2) is 4.39 Å². The summed E-state index contributed by atoms with van der Waals surface area (Å²) < 4.78 is 13.9. The van der Waals surface area contributed by atoms with Crippen LogP contribution in [0.25, 0.3) is 0 Å². The molecule has 0 saturated carbocycles. The van der Waals surface area contributed by atoms with Gasteiger partial charge in [-0.2, -0.15) is 0 Å². The molecule has 2 aromatic rings. The van der Waals surface area contributed by atoms with Crippen LogP contribution in [0.15, 0.2) is 42.5 Å². The SMILES string of the molecule is Cc1cc(C=O)ccc1N(C)C(C)c1ccccc1F. The molecule has 1 atom stereocenters. The predicted molar refractivity (Wildman–Crippen MR) is 79.8 cm³/mol. The van der Waals surface area contributed by atoms with Gasteiger partial charge in [-0.15, -0.1) is 0 Å². The van der Waals surface area contributed by atoms with Crippen molar-refractivity contribution in [3.05, 3.63) is 65.0 Å². The van der Waals surface area contributed by atoms with Crippen LogP contribution in [0.1, 0.15) is 34.5 Å². The monoisotopic (exact) mass is 271 g/mol. The van der Waals surface area contributed by atoms with Gasteiger partial charge in [0.25, 0.3) is 0 Å². The molecule has 0 amide bonds. The van der Waals surface area contributed by atoms with Gasteiger partial charge in [-0.3, -0.25) is 4.79 Å². The van der Waals surface area contributed by atoms with E-state index in [1.165, 1.54) is 6.07 Å². The highest BCUT2D eigenvalue weighted by Gasteiger charge is 2.17. The van der Waals surface area contributed by atoms with Gasteiger partial charge in [0.05, 0.1) is 6.04 Å². The number of hydrogen-bond donors (Lipinski definition) is 0. The molecule has 0 heterocycles. The molecule has 0 aliphatic carbocycles. The van der Waals surface area contributed by atoms with E-state index >= 15 is 0 Å². The lowest BCUT2D eigenvalue weighted by Crippen LogP contribution is -2.23. The molecule has 1 unspecified atom stereocenters. The Hall–Kier alpha value is -2.16. The van der Waals surface area contributed by atoms with Crippen LogP contribution in [0.4, 0.5) is 10.1 Å². The summed E-state index contributed by atoms with van der Waals surface area (Å²) in [5, 5.41) is 0. The summed E-state index contributed by atoms with van der Waals surface area (Å²) in [6.45, 7) is 3.92. The fraction of sp³-hybridized carbons (Fsp3) is 0.235. The van der Waals surface area contributed by atoms with Gasteiger partial charge in [-0.05, 0) is 43.7 Å². The molecule has 0 saturated heterocycles. The van der Waals surface area contributed by atoms with Crippen molar-refractivity contribution in [2.24, 2.45) is 0 Å². The predicted octanol–water partition coefficient (Wildman–Crippen LogP) is 4.14. The van der Waals surface area contributed by atoms with E-state index in [9.17, 15) is 9.18 Å². The van der Waals surface area contributed by atoms with Crippen LogP contribution in [-0.4, -0.2) is 13.3 Å². The number of aldehydes is 1. The molecule has 2 nitrogen and oxygen atoms in total. The normalized spacial score (nSPS) is 12.0. The Labute approximate surface area is 118 Å². The third kappa shape index (κ3) is 2.72. The number of halogens is 1. The maximum Gasteiger partial charge on any atom is 0.150 e. The van der Waals surface area contributed by atoms with Crippen molar-refractivity contribution in [2.75, 3.05) is 11.9 Å².